The summed E-state index contributed by atoms with van der Waals surface area (Å²) in [5.74, 6) is 1.32. The largest absolute Gasteiger partial charge is 0.436 e. The molecule has 2 aromatic carbocycles. The lowest BCUT2D eigenvalue weighted by Gasteiger charge is -1.95. The third kappa shape index (κ3) is 2.20. The normalized spacial score (nSPS) is 10.3. The molecule has 2 nitrogen and oxygen atoms in total. The minimum atomic E-state index is 0.620. The Hall–Kier alpha value is -2.61. The number of rotatable bonds is 3. The van der Waals surface area contributed by atoms with E-state index in [9.17, 15) is 0 Å². The molecule has 1 heterocycles. The SMILES string of the molecule is C=Cc1oc(-c2ccccc2)nc1-c1ccccc1. The van der Waals surface area contributed by atoms with Gasteiger partial charge in [-0.2, -0.15) is 0 Å². The van der Waals surface area contributed by atoms with Crippen LogP contribution in [0.25, 0.3) is 28.8 Å². The smallest absolute Gasteiger partial charge is 0.227 e. The first-order valence-corrected chi connectivity index (χ1v) is 6.12. The molecule has 0 fully saturated rings. The first-order valence-electron chi connectivity index (χ1n) is 6.12. The lowest BCUT2D eigenvalue weighted by atomic mass is 10.1. The van der Waals surface area contributed by atoms with E-state index in [1.807, 2.05) is 60.7 Å². The second kappa shape index (κ2) is 4.94. The van der Waals surface area contributed by atoms with E-state index in [0.29, 0.717) is 11.7 Å². The maximum absolute atomic E-state index is 5.78. The third-order valence-corrected chi connectivity index (χ3v) is 2.91. The Morgan fingerprint density at radius 2 is 1.42 bits per heavy atom. The molecule has 0 saturated heterocycles. The van der Waals surface area contributed by atoms with Crippen LogP contribution >= 0.6 is 0 Å². The highest BCUT2D eigenvalue weighted by Crippen LogP contribution is 2.29. The maximum Gasteiger partial charge on any atom is 0.227 e. The van der Waals surface area contributed by atoms with E-state index in [0.717, 1.165) is 16.8 Å². The third-order valence-electron chi connectivity index (χ3n) is 2.91. The van der Waals surface area contributed by atoms with Gasteiger partial charge in [-0.25, -0.2) is 4.98 Å². The molecule has 1 aromatic heterocycles. The molecular formula is C17H13NO. The Bertz CT molecular complexity index is 684. The van der Waals surface area contributed by atoms with Gasteiger partial charge in [0.05, 0.1) is 0 Å². The number of oxazole rings is 1. The van der Waals surface area contributed by atoms with Crippen LogP contribution in [0.2, 0.25) is 0 Å². The van der Waals surface area contributed by atoms with Crippen LogP contribution in [0.1, 0.15) is 5.76 Å². The zero-order valence-electron chi connectivity index (χ0n) is 10.4. The quantitative estimate of drug-likeness (QED) is 0.673. The summed E-state index contributed by atoms with van der Waals surface area (Å²) in [6.07, 6.45) is 1.70. The summed E-state index contributed by atoms with van der Waals surface area (Å²) in [7, 11) is 0. The minimum Gasteiger partial charge on any atom is -0.436 e. The zero-order valence-corrected chi connectivity index (χ0v) is 10.4. The molecule has 0 aliphatic heterocycles. The van der Waals surface area contributed by atoms with Gasteiger partial charge in [-0.1, -0.05) is 55.1 Å². The van der Waals surface area contributed by atoms with Gasteiger partial charge in [0, 0.05) is 11.1 Å². The van der Waals surface area contributed by atoms with Crippen LogP contribution in [-0.2, 0) is 0 Å². The van der Waals surface area contributed by atoms with Crippen molar-refractivity contribution in [2.75, 3.05) is 0 Å². The number of aromatic nitrogens is 1. The van der Waals surface area contributed by atoms with Crippen LogP contribution in [0.3, 0.4) is 0 Å². The molecular weight excluding hydrogens is 234 g/mol. The van der Waals surface area contributed by atoms with Crippen molar-refractivity contribution in [1.29, 1.82) is 0 Å². The van der Waals surface area contributed by atoms with Crippen LogP contribution in [0.5, 0.6) is 0 Å². The molecule has 0 radical (unpaired) electrons. The summed E-state index contributed by atoms with van der Waals surface area (Å²) in [5.41, 5.74) is 2.82. The summed E-state index contributed by atoms with van der Waals surface area (Å²) in [4.78, 5) is 4.58. The maximum atomic E-state index is 5.78. The van der Waals surface area contributed by atoms with Gasteiger partial charge in [0.15, 0.2) is 5.76 Å². The Labute approximate surface area is 112 Å². The van der Waals surface area contributed by atoms with Crippen molar-refractivity contribution in [3.63, 3.8) is 0 Å². The number of hydrogen-bond donors (Lipinski definition) is 0. The van der Waals surface area contributed by atoms with Crippen LogP contribution in [0, 0.1) is 0 Å². The van der Waals surface area contributed by atoms with Crippen LogP contribution in [0.15, 0.2) is 71.7 Å². The Kier molecular flexibility index (Phi) is 2.99. The van der Waals surface area contributed by atoms with Crippen LogP contribution < -0.4 is 0 Å². The molecule has 0 spiro atoms. The monoisotopic (exact) mass is 247 g/mol. The predicted octanol–water partition coefficient (Wildman–Crippen LogP) is 4.65. The highest BCUT2D eigenvalue weighted by Gasteiger charge is 2.13. The molecule has 3 aromatic rings. The topological polar surface area (TPSA) is 26.0 Å². The van der Waals surface area contributed by atoms with Gasteiger partial charge < -0.3 is 4.42 Å². The van der Waals surface area contributed by atoms with E-state index in [2.05, 4.69) is 11.6 Å². The summed E-state index contributed by atoms with van der Waals surface area (Å²) < 4.78 is 5.78. The van der Waals surface area contributed by atoms with Gasteiger partial charge in [0.2, 0.25) is 5.89 Å². The van der Waals surface area contributed by atoms with Crippen molar-refractivity contribution < 1.29 is 4.42 Å². The molecule has 0 N–H and O–H groups in total. The van der Waals surface area contributed by atoms with Gasteiger partial charge >= 0.3 is 0 Å². The van der Waals surface area contributed by atoms with Crippen LogP contribution in [0.4, 0.5) is 0 Å². The van der Waals surface area contributed by atoms with Gasteiger partial charge in [-0.3, -0.25) is 0 Å². The molecule has 92 valence electrons. The van der Waals surface area contributed by atoms with Crippen molar-refractivity contribution in [3.05, 3.63) is 73.0 Å². The summed E-state index contributed by atoms with van der Waals surface area (Å²) in [6.45, 7) is 3.79. The highest BCUT2D eigenvalue weighted by molar-refractivity contribution is 5.71. The number of nitrogens with zero attached hydrogens (tertiary/aromatic N) is 1. The summed E-state index contributed by atoms with van der Waals surface area (Å²) >= 11 is 0. The number of hydrogen-bond acceptors (Lipinski definition) is 2. The Balaban J connectivity index is 2.12. The number of benzene rings is 2. The summed E-state index contributed by atoms with van der Waals surface area (Å²) in [5, 5.41) is 0. The second-order valence-electron chi connectivity index (χ2n) is 4.17. The molecule has 3 rings (SSSR count). The minimum absolute atomic E-state index is 0.620. The van der Waals surface area contributed by atoms with Gasteiger partial charge in [-0.15, -0.1) is 0 Å². The van der Waals surface area contributed by atoms with E-state index in [1.165, 1.54) is 0 Å². The van der Waals surface area contributed by atoms with Crippen molar-refractivity contribution in [1.82, 2.24) is 4.98 Å². The fourth-order valence-electron chi connectivity index (χ4n) is 1.98. The molecule has 0 aliphatic carbocycles. The molecule has 0 unspecified atom stereocenters. The molecule has 0 saturated carbocycles. The fourth-order valence-corrected chi connectivity index (χ4v) is 1.98. The summed E-state index contributed by atoms with van der Waals surface area (Å²) in [6, 6.07) is 19.8. The highest BCUT2D eigenvalue weighted by atomic mass is 16.4. The molecule has 2 heteroatoms. The van der Waals surface area contributed by atoms with E-state index in [1.54, 1.807) is 6.08 Å². The standard InChI is InChI=1S/C17H13NO/c1-2-15-16(13-9-5-3-6-10-13)18-17(19-15)14-11-7-4-8-12-14/h2-12H,1H2. The molecule has 0 bridgehead atoms. The molecule has 0 amide bonds. The Morgan fingerprint density at radius 1 is 0.842 bits per heavy atom. The van der Waals surface area contributed by atoms with E-state index in [-0.39, 0.29) is 0 Å². The van der Waals surface area contributed by atoms with Crippen molar-refractivity contribution >= 4 is 6.08 Å². The Morgan fingerprint density at radius 3 is 2.00 bits per heavy atom. The van der Waals surface area contributed by atoms with Crippen molar-refractivity contribution in [2.45, 2.75) is 0 Å². The molecule has 0 atom stereocenters. The van der Waals surface area contributed by atoms with Gasteiger partial charge in [0.1, 0.15) is 5.69 Å². The van der Waals surface area contributed by atoms with Crippen molar-refractivity contribution in [2.24, 2.45) is 0 Å². The second-order valence-corrected chi connectivity index (χ2v) is 4.17. The molecule has 0 aliphatic rings. The van der Waals surface area contributed by atoms with Crippen molar-refractivity contribution in [3.8, 4) is 22.7 Å². The van der Waals surface area contributed by atoms with Crippen LogP contribution in [-0.4, -0.2) is 4.98 Å². The van der Waals surface area contributed by atoms with Gasteiger partial charge in [0.25, 0.3) is 0 Å². The average Bonchev–Trinajstić information content (AvgIpc) is 2.93. The first kappa shape index (κ1) is 11.5. The average molecular weight is 247 g/mol. The van der Waals surface area contributed by atoms with E-state index < -0.39 is 0 Å². The van der Waals surface area contributed by atoms with E-state index in [4.69, 9.17) is 4.42 Å². The van der Waals surface area contributed by atoms with Gasteiger partial charge in [-0.05, 0) is 18.2 Å². The predicted molar refractivity (Wildman–Crippen MR) is 77.5 cm³/mol. The lowest BCUT2D eigenvalue weighted by molar-refractivity contribution is 0.565. The first-order chi connectivity index (χ1) is 9.38. The zero-order chi connectivity index (χ0) is 13.1. The fraction of sp³-hybridized carbons (Fsp3) is 0. The molecule has 19 heavy (non-hydrogen) atoms. The van der Waals surface area contributed by atoms with E-state index >= 15 is 0 Å². The lowest BCUT2D eigenvalue weighted by Crippen LogP contribution is -1.80.